The van der Waals surface area contributed by atoms with Crippen LogP contribution in [0.2, 0.25) is 5.02 Å². The molecule has 1 aromatic heterocycles. The van der Waals surface area contributed by atoms with Crippen molar-refractivity contribution in [2.45, 2.75) is 33.3 Å². The Hall–Kier alpha value is -1.88. The van der Waals surface area contributed by atoms with E-state index in [1.165, 1.54) is 0 Å². The highest BCUT2D eigenvalue weighted by molar-refractivity contribution is 6.35. The molecule has 0 saturated heterocycles. The molecular formula is C16H16ClNO4. The fourth-order valence-electron chi connectivity index (χ4n) is 2.52. The summed E-state index contributed by atoms with van der Waals surface area (Å²) in [5.74, 6) is -0.601. The van der Waals surface area contributed by atoms with Crippen molar-refractivity contribution in [1.29, 1.82) is 0 Å². The highest BCUT2D eigenvalue weighted by atomic mass is 35.5. The van der Waals surface area contributed by atoms with Gasteiger partial charge in [0.1, 0.15) is 5.52 Å². The molecule has 0 amide bonds. The van der Waals surface area contributed by atoms with E-state index in [-0.39, 0.29) is 29.7 Å². The van der Waals surface area contributed by atoms with Crippen molar-refractivity contribution in [3.63, 3.8) is 0 Å². The summed E-state index contributed by atoms with van der Waals surface area (Å²) in [6.45, 7) is 5.30. The van der Waals surface area contributed by atoms with Gasteiger partial charge in [0.25, 0.3) is 0 Å². The normalized spacial score (nSPS) is 20.4. The van der Waals surface area contributed by atoms with Gasteiger partial charge in [-0.3, -0.25) is 9.59 Å². The number of esters is 1. The smallest absolute Gasteiger partial charge is 0.309 e. The van der Waals surface area contributed by atoms with Gasteiger partial charge in [-0.2, -0.15) is 0 Å². The lowest BCUT2D eigenvalue weighted by molar-refractivity contribution is -0.149. The number of hydrogen-bond acceptors (Lipinski definition) is 5. The molecular weight excluding hydrogens is 306 g/mol. The Bertz CT molecular complexity index is 765. The van der Waals surface area contributed by atoms with E-state index in [2.05, 4.69) is 4.98 Å². The van der Waals surface area contributed by atoms with Crippen LogP contribution in [0.15, 0.2) is 16.5 Å². The van der Waals surface area contributed by atoms with E-state index in [1.54, 1.807) is 32.9 Å². The number of Topliss-reactive ketones (excluding diaryl/α,β-unsaturated/α-hetero) is 1. The number of rotatable bonds is 4. The second kappa shape index (κ2) is 5.39. The lowest BCUT2D eigenvalue weighted by Crippen LogP contribution is -2.16. The fourth-order valence-corrected chi connectivity index (χ4v) is 2.77. The van der Waals surface area contributed by atoms with Gasteiger partial charge >= 0.3 is 5.97 Å². The summed E-state index contributed by atoms with van der Waals surface area (Å²) in [5.41, 5.74) is 1.47. The van der Waals surface area contributed by atoms with Crippen molar-refractivity contribution < 1.29 is 18.7 Å². The topological polar surface area (TPSA) is 69.4 Å². The zero-order valence-electron chi connectivity index (χ0n) is 12.6. The Labute approximate surface area is 132 Å². The van der Waals surface area contributed by atoms with E-state index >= 15 is 0 Å². The predicted octanol–water partition coefficient (Wildman–Crippen LogP) is 3.56. The lowest BCUT2D eigenvalue weighted by Gasteiger charge is -2.07. The molecule has 2 atom stereocenters. The number of oxazole rings is 1. The van der Waals surface area contributed by atoms with Crippen molar-refractivity contribution in [3.8, 4) is 0 Å². The summed E-state index contributed by atoms with van der Waals surface area (Å²) >= 11 is 6.15. The second-order valence-corrected chi connectivity index (χ2v) is 6.24. The van der Waals surface area contributed by atoms with Gasteiger partial charge in [0.05, 0.1) is 17.0 Å². The number of halogens is 1. The van der Waals surface area contributed by atoms with Crippen molar-refractivity contribution in [2.24, 2.45) is 11.8 Å². The summed E-state index contributed by atoms with van der Waals surface area (Å²) in [7, 11) is 0. The van der Waals surface area contributed by atoms with Crippen LogP contribution >= 0.6 is 11.6 Å². The third-order valence-corrected chi connectivity index (χ3v) is 3.91. The summed E-state index contributed by atoms with van der Waals surface area (Å²) < 4.78 is 10.6. The van der Waals surface area contributed by atoms with E-state index < -0.39 is 0 Å². The van der Waals surface area contributed by atoms with Crippen molar-refractivity contribution in [3.05, 3.63) is 28.6 Å². The number of aryl methyl sites for hydroxylation is 1. The molecule has 1 aliphatic rings. The van der Waals surface area contributed by atoms with Gasteiger partial charge in [-0.15, -0.1) is 0 Å². The molecule has 22 heavy (non-hydrogen) atoms. The third kappa shape index (κ3) is 2.73. The Balaban J connectivity index is 1.80. The molecule has 5 nitrogen and oxygen atoms in total. The lowest BCUT2D eigenvalue weighted by atomic mass is 10.1. The van der Waals surface area contributed by atoms with Crippen molar-refractivity contribution >= 4 is 34.5 Å². The van der Waals surface area contributed by atoms with E-state index in [9.17, 15) is 9.59 Å². The molecule has 0 N–H and O–H groups in total. The number of benzene rings is 1. The third-order valence-electron chi connectivity index (χ3n) is 3.62. The maximum absolute atomic E-state index is 12.5. The first-order valence-corrected chi connectivity index (χ1v) is 7.56. The second-order valence-electron chi connectivity index (χ2n) is 5.84. The predicted molar refractivity (Wildman–Crippen MR) is 80.9 cm³/mol. The minimum atomic E-state index is -0.346. The van der Waals surface area contributed by atoms with Crippen LogP contribution in [0.1, 0.15) is 36.5 Å². The molecule has 0 radical (unpaired) electrons. The molecule has 3 rings (SSSR count). The molecule has 0 spiro atoms. The number of carbonyl (C=O) groups is 2. The summed E-state index contributed by atoms with van der Waals surface area (Å²) in [4.78, 5) is 28.5. The number of hydrogen-bond donors (Lipinski definition) is 0. The number of ketones is 1. The van der Waals surface area contributed by atoms with Crippen LogP contribution in [-0.2, 0) is 9.53 Å². The van der Waals surface area contributed by atoms with Crippen LogP contribution in [0, 0.1) is 18.8 Å². The molecule has 0 aliphatic heterocycles. The Kier molecular flexibility index (Phi) is 3.68. The van der Waals surface area contributed by atoms with Crippen LogP contribution in [0.3, 0.4) is 0 Å². The van der Waals surface area contributed by atoms with Gasteiger partial charge in [0.15, 0.2) is 17.3 Å². The van der Waals surface area contributed by atoms with Crippen LogP contribution in [0.5, 0.6) is 0 Å². The largest absolute Gasteiger partial charge is 0.463 e. The van der Waals surface area contributed by atoms with Gasteiger partial charge in [0, 0.05) is 18.4 Å². The van der Waals surface area contributed by atoms with Crippen LogP contribution < -0.4 is 0 Å². The molecule has 0 unspecified atom stereocenters. The SMILES string of the molecule is Cc1nc2c(Cl)cc(C(=O)[C@H]3C[C@@H]3C(=O)OC(C)C)cc2o1. The number of aromatic nitrogens is 1. The highest BCUT2D eigenvalue weighted by Crippen LogP contribution is 2.42. The average molecular weight is 322 g/mol. The molecule has 1 aliphatic carbocycles. The average Bonchev–Trinajstić information content (AvgIpc) is 3.13. The highest BCUT2D eigenvalue weighted by Gasteiger charge is 2.49. The molecule has 1 heterocycles. The molecule has 1 fully saturated rings. The summed E-state index contributed by atoms with van der Waals surface area (Å²) in [5, 5.41) is 0.375. The number of carbonyl (C=O) groups excluding carboxylic acids is 2. The fraction of sp³-hybridized carbons (Fsp3) is 0.438. The van der Waals surface area contributed by atoms with Crippen LogP contribution in [-0.4, -0.2) is 22.8 Å². The first-order valence-electron chi connectivity index (χ1n) is 7.18. The van der Waals surface area contributed by atoms with Gasteiger partial charge < -0.3 is 9.15 Å². The molecule has 1 saturated carbocycles. The first kappa shape index (κ1) is 15.0. The van der Waals surface area contributed by atoms with E-state index in [0.29, 0.717) is 34.0 Å². The van der Waals surface area contributed by atoms with Crippen LogP contribution in [0.25, 0.3) is 11.1 Å². The van der Waals surface area contributed by atoms with E-state index in [1.807, 2.05) is 0 Å². The Morgan fingerprint density at radius 2 is 2.09 bits per heavy atom. The molecule has 2 aromatic rings. The zero-order chi connectivity index (χ0) is 16.0. The Morgan fingerprint density at radius 3 is 2.77 bits per heavy atom. The standard InChI is InChI=1S/C16H16ClNO4/c1-7(2)21-16(20)11-6-10(11)15(19)9-4-12(17)14-13(5-9)22-8(3)18-14/h4-5,7,10-11H,6H2,1-3H3/t10-,11-/m0/s1. The van der Waals surface area contributed by atoms with E-state index in [0.717, 1.165) is 0 Å². The summed E-state index contributed by atoms with van der Waals surface area (Å²) in [6.07, 6.45) is 0.349. The van der Waals surface area contributed by atoms with Crippen LogP contribution in [0.4, 0.5) is 0 Å². The monoisotopic (exact) mass is 321 g/mol. The van der Waals surface area contributed by atoms with Crippen molar-refractivity contribution in [2.75, 3.05) is 0 Å². The van der Waals surface area contributed by atoms with Gasteiger partial charge in [-0.1, -0.05) is 11.6 Å². The van der Waals surface area contributed by atoms with Crippen molar-refractivity contribution in [1.82, 2.24) is 4.98 Å². The van der Waals surface area contributed by atoms with Gasteiger partial charge in [-0.05, 0) is 32.4 Å². The minimum absolute atomic E-state index is 0.108. The molecule has 0 bridgehead atoms. The molecule has 1 aromatic carbocycles. The maximum Gasteiger partial charge on any atom is 0.309 e. The van der Waals surface area contributed by atoms with Gasteiger partial charge in [0.2, 0.25) is 0 Å². The molecule has 116 valence electrons. The molecule has 6 heteroatoms. The van der Waals surface area contributed by atoms with E-state index in [4.69, 9.17) is 20.8 Å². The number of ether oxygens (including phenoxy) is 1. The summed E-state index contributed by atoms with van der Waals surface area (Å²) in [6, 6.07) is 3.21. The number of fused-ring (bicyclic) bond motifs is 1. The zero-order valence-corrected chi connectivity index (χ0v) is 13.3. The number of nitrogens with zero attached hydrogens (tertiary/aromatic N) is 1. The first-order chi connectivity index (χ1) is 10.4. The van der Waals surface area contributed by atoms with Gasteiger partial charge in [-0.25, -0.2) is 4.98 Å². The maximum atomic E-state index is 12.5. The quantitative estimate of drug-likeness (QED) is 0.636. The minimum Gasteiger partial charge on any atom is -0.463 e. The Morgan fingerprint density at radius 1 is 1.36 bits per heavy atom.